The van der Waals surface area contributed by atoms with Crippen LogP contribution >= 0.6 is 0 Å². The summed E-state index contributed by atoms with van der Waals surface area (Å²) in [6, 6.07) is 13.6. The molecular weight excluding hydrogens is 466 g/mol. The molecule has 8 heteroatoms. The fourth-order valence-corrected chi connectivity index (χ4v) is 6.01. The van der Waals surface area contributed by atoms with Crippen molar-refractivity contribution in [2.45, 2.75) is 70.5 Å². The van der Waals surface area contributed by atoms with Gasteiger partial charge in [0.15, 0.2) is 15.3 Å². The van der Waals surface area contributed by atoms with Gasteiger partial charge in [0.2, 0.25) is 0 Å². The number of hydrogen-bond acceptors (Lipinski definition) is 7. The van der Waals surface area contributed by atoms with Crippen molar-refractivity contribution in [2.24, 2.45) is 5.41 Å². The molecule has 0 aromatic heterocycles. The first kappa shape index (κ1) is 26.4. The van der Waals surface area contributed by atoms with E-state index in [1.807, 2.05) is 6.92 Å². The van der Waals surface area contributed by atoms with Gasteiger partial charge in [0.05, 0.1) is 34.5 Å². The van der Waals surface area contributed by atoms with Crippen LogP contribution in [0.1, 0.15) is 62.3 Å². The molecular formula is C27H31NO6S. The van der Waals surface area contributed by atoms with E-state index in [-0.39, 0.29) is 23.5 Å². The molecule has 0 bridgehead atoms. The number of nitrogens with zero attached hydrogens (tertiary/aromatic N) is 1. The van der Waals surface area contributed by atoms with E-state index in [4.69, 9.17) is 9.47 Å². The lowest BCUT2D eigenvalue weighted by Gasteiger charge is -2.39. The molecule has 1 atom stereocenters. The van der Waals surface area contributed by atoms with Crippen LogP contribution in [0.4, 0.5) is 0 Å². The van der Waals surface area contributed by atoms with Gasteiger partial charge in [-0.2, -0.15) is 5.26 Å². The SMILES string of the molecule is Cc1ccc(S(=O)(=O)CC2CC(C(=O)OC(C)C)(C(=O)OC(C)C)Cc3ccc(C#N)cc32)cc1. The van der Waals surface area contributed by atoms with Crippen molar-refractivity contribution >= 4 is 21.8 Å². The largest absolute Gasteiger partial charge is 0.462 e. The van der Waals surface area contributed by atoms with Crippen molar-refractivity contribution in [3.05, 3.63) is 64.7 Å². The summed E-state index contributed by atoms with van der Waals surface area (Å²) in [5.41, 5.74) is 0.884. The van der Waals surface area contributed by atoms with Crippen LogP contribution in [-0.2, 0) is 35.3 Å². The molecule has 0 saturated carbocycles. The molecule has 3 rings (SSSR count). The van der Waals surface area contributed by atoms with Gasteiger partial charge in [-0.3, -0.25) is 9.59 Å². The minimum atomic E-state index is -3.77. The van der Waals surface area contributed by atoms with Crippen molar-refractivity contribution in [2.75, 3.05) is 5.75 Å². The molecule has 2 aromatic rings. The van der Waals surface area contributed by atoms with E-state index >= 15 is 0 Å². The monoisotopic (exact) mass is 497 g/mol. The number of rotatable bonds is 7. The van der Waals surface area contributed by atoms with Crippen molar-refractivity contribution in [3.63, 3.8) is 0 Å². The molecule has 1 aliphatic rings. The summed E-state index contributed by atoms with van der Waals surface area (Å²) in [4.78, 5) is 26.9. The first-order valence-electron chi connectivity index (χ1n) is 11.6. The van der Waals surface area contributed by atoms with E-state index < -0.39 is 45.3 Å². The third-order valence-electron chi connectivity index (χ3n) is 6.07. The van der Waals surface area contributed by atoms with Crippen molar-refractivity contribution in [1.82, 2.24) is 0 Å². The summed E-state index contributed by atoms with van der Waals surface area (Å²) < 4.78 is 37.8. The van der Waals surface area contributed by atoms with Gasteiger partial charge in [0.1, 0.15) is 0 Å². The zero-order valence-electron chi connectivity index (χ0n) is 20.7. The molecule has 1 aliphatic carbocycles. The van der Waals surface area contributed by atoms with Gasteiger partial charge in [-0.15, -0.1) is 0 Å². The summed E-state index contributed by atoms with van der Waals surface area (Å²) >= 11 is 0. The van der Waals surface area contributed by atoms with Crippen LogP contribution in [0.15, 0.2) is 47.4 Å². The molecule has 7 nitrogen and oxygen atoms in total. The summed E-state index contributed by atoms with van der Waals surface area (Å²) in [5, 5.41) is 9.42. The summed E-state index contributed by atoms with van der Waals surface area (Å²) in [5.74, 6) is -2.52. The molecule has 0 amide bonds. The van der Waals surface area contributed by atoms with Crippen LogP contribution in [0.2, 0.25) is 0 Å². The number of nitriles is 1. The Morgan fingerprint density at radius 1 is 1.03 bits per heavy atom. The molecule has 0 N–H and O–H groups in total. The zero-order chi connectivity index (χ0) is 26.0. The Bertz CT molecular complexity index is 1230. The quantitative estimate of drug-likeness (QED) is 0.415. The summed E-state index contributed by atoms with van der Waals surface area (Å²) in [7, 11) is -3.77. The van der Waals surface area contributed by atoms with Crippen LogP contribution in [0, 0.1) is 23.7 Å². The van der Waals surface area contributed by atoms with Crippen LogP contribution in [0.5, 0.6) is 0 Å². The number of benzene rings is 2. The van der Waals surface area contributed by atoms with Gasteiger partial charge in [0.25, 0.3) is 0 Å². The number of fused-ring (bicyclic) bond motifs is 1. The number of aryl methyl sites for hydroxylation is 1. The second-order valence-electron chi connectivity index (χ2n) is 9.69. The van der Waals surface area contributed by atoms with Crippen molar-refractivity contribution in [1.29, 1.82) is 5.26 Å². The van der Waals surface area contributed by atoms with Crippen molar-refractivity contribution < 1.29 is 27.5 Å². The molecule has 0 saturated heterocycles. The van der Waals surface area contributed by atoms with Crippen LogP contribution < -0.4 is 0 Å². The molecule has 0 spiro atoms. The van der Waals surface area contributed by atoms with Gasteiger partial charge in [-0.25, -0.2) is 8.42 Å². The second-order valence-corrected chi connectivity index (χ2v) is 11.7. The molecule has 0 heterocycles. The fraction of sp³-hybridized carbons (Fsp3) is 0.444. The Hall–Kier alpha value is -3.18. The first-order valence-corrected chi connectivity index (χ1v) is 13.3. The maximum Gasteiger partial charge on any atom is 0.324 e. The number of ether oxygens (including phenoxy) is 2. The van der Waals surface area contributed by atoms with Crippen LogP contribution in [0.3, 0.4) is 0 Å². The third kappa shape index (κ3) is 5.73. The normalized spacial score (nSPS) is 16.9. The topological polar surface area (TPSA) is 111 Å². The van der Waals surface area contributed by atoms with Gasteiger partial charge in [0, 0.05) is 5.92 Å². The highest BCUT2D eigenvalue weighted by molar-refractivity contribution is 7.91. The van der Waals surface area contributed by atoms with E-state index in [0.717, 1.165) is 5.56 Å². The van der Waals surface area contributed by atoms with Gasteiger partial charge in [-0.1, -0.05) is 23.8 Å². The minimum Gasteiger partial charge on any atom is -0.462 e. The molecule has 2 aromatic carbocycles. The molecule has 0 radical (unpaired) electrons. The summed E-state index contributed by atoms with van der Waals surface area (Å²) in [6.45, 7) is 8.62. The fourth-order valence-electron chi connectivity index (χ4n) is 4.44. The zero-order valence-corrected chi connectivity index (χ0v) is 21.5. The predicted molar refractivity (Wildman–Crippen MR) is 130 cm³/mol. The Morgan fingerprint density at radius 3 is 2.11 bits per heavy atom. The first-order chi connectivity index (χ1) is 16.4. The van der Waals surface area contributed by atoms with Gasteiger partial charge < -0.3 is 9.47 Å². The van der Waals surface area contributed by atoms with E-state index in [0.29, 0.717) is 16.7 Å². The van der Waals surface area contributed by atoms with E-state index in [1.165, 1.54) is 0 Å². The van der Waals surface area contributed by atoms with Crippen LogP contribution in [0.25, 0.3) is 0 Å². The van der Waals surface area contributed by atoms with Gasteiger partial charge >= 0.3 is 11.9 Å². The third-order valence-corrected chi connectivity index (χ3v) is 7.90. The lowest BCUT2D eigenvalue weighted by molar-refractivity contribution is -0.178. The standard InChI is InChI=1S/C27H31NO6S/c1-17(2)33-25(29)27(26(30)34-18(3)4)13-21-9-8-20(15-28)12-24(21)22(14-27)16-35(31,32)23-10-6-19(5)7-11-23/h6-12,17-18,22H,13-14,16H2,1-5H3. The minimum absolute atomic E-state index is 0.00618. The number of sulfone groups is 1. The summed E-state index contributed by atoms with van der Waals surface area (Å²) in [6.07, 6.45) is -1.03. The maximum absolute atomic E-state index is 13.4. The Labute approximate surface area is 207 Å². The van der Waals surface area contributed by atoms with Crippen molar-refractivity contribution in [3.8, 4) is 6.07 Å². The highest BCUT2D eigenvalue weighted by Gasteiger charge is 2.54. The Morgan fingerprint density at radius 2 is 1.60 bits per heavy atom. The lowest BCUT2D eigenvalue weighted by Crippen LogP contribution is -2.49. The highest BCUT2D eigenvalue weighted by Crippen LogP contribution is 2.46. The number of carbonyl (C=O) groups excluding carboxylic acids is 2. The number of hydrogen-bond donors (Lipinski definition) is 0. The molecule has 1 unspecified atom stereocenters. The molecule has 35 heavy (non-hydrogen) atoms. The predicted octanol–water partition coefficient (Wildman–Crippen LogP) is 4.26. The maximum atomic E-state index is 13.4. The smallest absolute Gasteiger partial charge is 0.324 e. The molecule has 0 aliphatic heterocycles. The van der Waals surface area contributed by atoms with E-state index in [2.05, 4.69) is 6.07 Å². The lowest BCUT2D eigenvalue weighted by atomic mass is 9.67. The highest BCUT2D eigenvalue weighted by atomic mass is 32.2. The Kier molecular flexibility index (Phi) is 7.71. The molecule has 0 fully saturated rings. The Balaban J connectivity index is 2.14. The average Bonchev–Trinajstić information content (AvgIpc) is 2.77. The second kappa shape index (κ2) is 10.2. The van der Waals surface area contributed by atoms with E-state index in [1.54, 1.807) is 70.2 Å². The average molecular weight is 498 g/mol. The van der Waals surface area contributed by atoms with E-state index in [9.17, 15) is 23.3 Å². The number of carbonyl (C=O) groups is 2. The van der Waals surface area contributed by atoms with Gasteiger partial charge in [-0.05, 0) is 82.9 Å². The van der Waals surface area contributed by atoms with Crippen LogP contribution in [-0.4, -0.2) is 38.3 Å². The molecule has 186 valence electrons. The number of esters is 2.